The summed E-state index contributed by atoms with van der Waals surface area (Å²) in [5.41, 5.74) is 9.88. The number of aryl methyl sites for hydroxylation is 2. The van der Waals surface area contributed by atoms with Gasteiger partial charge in [-0.3, -0.25) is 4.79 Å². The number of pyridine rings is 1. The molecule has 3 aromatic rings. The highest BCUT2D eigenvalue weighted by atomic mass is 16.5. The van der Waals surface area contributed by atoms with E-state index in [1.807, 2.05) is 56.3 Å². The van der Waals surface area contributed by atoms with Crippen LogP contribution in [0.25, 0.3) is 0 Å². The summed E-state index contributed by atoms with van der Waals surface area (Å²) < 4.78 is 6.13. The van der Waals surface area contributed by atoms with Crippen LogP contribution < -0.4 is 15.8 Å². The van der Waals surface area contributed by atoms with Crippen molar-refractivity contribution in [2.24, 2.45) is 5.92 Å². The first-order chi connectivity index (χ1) is 14.3. The molecule has 0 aliphatic heterocycles. The van der Waals surface area contributed by atoms with Crippen LogP contribution >= 0.6 is 0 Å². The average molecular weight is 404 g/mol. The minimum atomic E-state index is -0.284. The van der Waals surface area contributed by atoms with Crippen LogP contribution in [0.4, 0.5) is 11.5 Å². The Bertz CT molecular complexity index is 1040. The number of nitrogens with two attached hydrogens (primary N) is 1. The second kappa shape index (κ2) is 8.99. The van der Waals surface area contributed by atoms with Gasteiger partial charge in [0.15, 0.2) is 0 Å². The summed E-state index contributed by atoms with van der Waals surface area (Å²) in [6.45, 7) is 10.4. The molecule has 1 amide bonds. The molecule has 156 valence electrons. The lowest BCUT2D eigenvalue weighted by Gasteiger charge is -2.19. The lowest BCUT2D eigenvalue weighted by Crippen LogP contribution is -2.15. The summed E-state index contributed by atoms with van der Waals surface area (Å²) in [5, 5.41) is 2.87. The number of carbonyl (C=O) groups excluding carboxylic acids is 1. The molecule has 0 radical (unpaired) electrons. The molecule has 0 fully saturated rings. The van der Waals surface area contributed by atoms with Crippen molar-refractivity contribution in [1.29, 1.82) is 0 Å². The minimum Gasteiger partial charge on any atom is -0.457 e. The zero-order chi connectivity index (χ0) is 21.8. The quantitative estimate of drug-likeness (QED) is 0.522. The van der Waals surface area contributed by atoms with Crippen molar-refractivity contribution in [3.8, 4) is 11.5 Å². The molecule has 5 nitrogen and oxygen atoms in total. The van der Waals surface area contributed by atoms with Crippen LogP contribution in [0, 0.1) is 19.8 Å². The first-order valence-corrected chi connectivity index (χ1v) is 10.2. The number of rotatable bonds is 6. The number of para-hydroxylation sites is 1. The number of nitrogen functional groups attached to an aromatic ring is 1. The summed E-state index contributed by atoms with van der Waals surface area (Å²) in [7, 11) is 0. The number of nitrogens with one attached hydrogen (secondary N) is 1. The number of hydrogen-bond acceptors (Lipinski definition) is 4. The molecule has 0 spiro atoms. The van der Waals surface area contributed by atoms with Crippen molar-refractivity contribution in [2.45, 2.75) is 40.5 Å². The van der Waals surface area contributed by atoms with Crippen LogP contribution in [0.15, 0.2) is 54.6 Å². The normalized spacial score (nSPS) is 11.9. The summed E-state index contributed by atoms with van der Waals surface area (Å²) in [6.07, 6.45) is 0. The number of anilines is 2. The Labute approximate surface area is 178 Å². The van der Waals surface area contributed by atoms with Crippen LogP contribution in [0.3, 0.4) is 0 Å². The lowest BCUT2D eigenvalue weighted by atomic mass is 9.90. The Morgan fingerprint density at radius 1 is 1.03 bits per heavy atom. The Hall–Kier alpha value is -3.34. The molecule has 0 saturated carbocycles. The van der Waals surface area contributed by atoms with E-state index in [4.69, 9.17) is 10.5 Å². The van der Waals surface area contributed by atoms with E-state index in [-0.39, 0.29) is 11.7 Å². The lowest BCUT2D eigenvalue weighted by molar-refractivity contribution is 0.102. The number of benzene rings is 2. The molecule has 1 unspecified atom stereocenters. The highest BCUT2D eigenvalue weighted by Gasteiger charge is 2.16. The molecule has 0 bridgehead atoms. The molecule has 1 atom stereocenters. The third kappa shape index (κ3) is 4.79. The number of aromatic nitrogens is 1. The van der Waals surface area contributed by atoms with E-state index < -0.39 is 0 Å². The Kier molecular flexibility index (Phi) is 6.40. The van der Waals surface area contributed by atoms with Gasteiger partial charge >= 0.3 is 0 Å². The third-order valence-electron chi connectivity index (χ3n) is 5.49. The number of carbonyl (C=O) groups is 1. The highest BCUT2D eigenvalue weighted by Crippen LogP contribution is 2.34. The van der Waals surface area contributed by atoms with E-state index in [1.54, 1.807) is 6.07 Å². The van der Waals surface area contributed by atoms with Gasteiger partial charge in [-0.1, -0.05) is 39.0 Å². The van der Waals surface area contributed by atoms with Gasteiger partial charge in [0, 0.05) is 11.4 Å². The van der Waals surface area contributed by atoms with Crippen molar-refractivity contribution >= 4 is 17.4 Å². The maximum absolute atomic E-state index is 12.6. The van der Waals surface area contributed by atoms with E-state index in [0.29, 0.717) is 28.8 Å². The van der Waals surface area contributed by atoms with Crippen LogP contribution in [0.2, 0.25) is 0 Å². The van der Waals surface area contributed by atoms with Crippen molar-refractivity contribution in [3.63, 3.8) is 0 Å². The topological polar surface area (TPSA) is 77.2 Å². The van der Waals surface area contributed by atoms with Crippen LogP contribution in [-0.2, 0) is 0 Å². The summed E-state index contributed by atoms with van der Waals surface area (Å²) in [4.78, 5) is 16.8. The minimum absolute atomic E-state index is 0.228. The summed E-state index contributed by atoms with van der Waals surface area (Å²) in [5.74, 6) is 2.41. The van der Waals surface area contributed by atoms with Gasteiger partial charge in [0.05, 0.1) is 5.56 Å². The van der Waals surface area contributed by atoms with Gasteiger partial charge in [-0.15, -0.1) is 0 Å². The van der Waals surface area contributed by atoms with Gasteiger partial charge < -0.3 is 15.8 Å². The largest absolute Gasteiger partial charge is 0.457 e. The second-order valence-corrected chi connectivity index (χ2v) is 7.97. The van der Waals surface area contributed by atoms with Crippen LogP contribution in [0.1, 0.15) is 53.9 Å². The first-order valence-electron chi connectivity index (χ1n) is 10.2. The predicted octanol–water partition coefficient (Wildman–Crippen LogP) is 6.08. The van der Waals surface area contributed by atoms with E-state index in [0.717, 1.165) is 17.0 Å². The molecule has 0 saturated heterocycles. The van der Waals surface area contributed by atoms with Crippen LogP contribution in [-0.4, -0.2) is 10.9 Å². The zero-order valence-electron chi connectivity index (χ0n) is 18.2. The monoisotopic (exact) mass is 403 g/mol. The molecule has 3 rings (SSSR count). The molecule has 1 aromatic heterocycles. The molecule has 1 heterocycles. The van der Waals surface area contributed by atoms with Gasteiger partial charge in [0.25, 0.3) is 5.91 Å². The number of amides is 1. The molecule has 0 aliphatic rings. The predicted molar refractivity (Wildman–Crippen MR) is 122 cm³/mol. The van der Waals surface area contributed by atoms with Gasteiger partial charge in [0.1, 0.15) is 17.3 Å². The summed E-state index contributed by atoms with van der Waals surface area (Å²) in [6, 6.07) is 17.2. The fourth-order valence-electron chi connectivity index (χ4n) is 3.15. The Morgan fingerprint density at radius 3 is 2.37 bits per heavy atom. The average Bonchev–Trinajstić information content (AvgIpc) is 2.72. The van der Waals surface area contributed by atoms with Crippen molar-refractivity contribution in [1.82, 2.24) is 4.98 Å². The summed E-state index contributed by atoms with van der Waals surface area (Å²) >= 11 is 0. The molecule has 3 N–H and O–H groups in total. The molecule has 30 heavy (non-hydrogen) atoms. The molecule has 0 aliphatic carbocycles. The van der Waals surface area contributed by atoms with Crippen molar-refractivity contribution < 1.29 is 9.53 Å². The van der Waals surface area contributed by atoms with Gasteiger partial charge in [-0.25, -0.2) is 4.98 Å². The van der Waals surface area contributed by atoms with Gasteiger partial charge in [0.2, 0.25) is 0 Å². The Morgan fingerprint density at radius 2 is 1.70 bits per heavy atom. The molecule has 5 heteroatoms. The molecular formula is C25H29N3O2. The maximum Gasteiger partial charge on any atom is 0.259 e. The fourth-order valence-corrected chi connectivity index (χ4v) is 3.15. The maximum atomic E-state index is 12.6. The second-order valence-electron chi connectivity index (χ2n) is 7.97. The van der Waals surface area contributed by atoms with Crippen molar-refractivity contribution in [2.75, 3.05) is 11.1 Å². The number of ether oxygens (including phenoxy) is 1. The van der Waals surface area contributed by atoms with E-state index in [2.05, 4.69) is 37.1 Å². The van der Waals surface area contributed by atoms with Crippen LogP contribution in [0.5, 0.6) is 11.5 Å². The number of nitrogens with zero attached hydrogens (tertiary/aromatic N) is 1. The van der Waals surface area contributed by atoms with E-state index in [1.165, 1.54) is 5.56 Å². The third-order valence-corrected chi connectivity index (χ3v) is 5.49. The van der Waals surface area contributed by atoms with E-state index in [9.17, 15) is 4.79 Å². The fraction of sp³-hybridized carbons (Fsp3) is 0.280. The van der Waals surface area contributed by atoms with E-state index >= 15 is 0 Å². The molecular weight excluding hydrogens is 374 g/mol. The van der Waals surface area contributed by atoms with Gasteiger partial charge in [-0.2, -0.15) is 0 Å². The SMILES string of the molecule is Cc1cc(C(=O)Nc2ccc(Oc3ccccc3C(C)C(C)C)cc2)c(N)nc1C. The number of hydrogen-bond donors (Lipinski definition) is 2. The van der Waals surface area contributed by atoms with Crippen molar-refractivity contribution in [3.05, 3.63) is 77.0 Å². The van der Waals surface area contributed by atoms with Gasteiger partial charge in [-0.05, 0) is 73.2 Å². The highest BCUT2D eigenvalue weighted by molar-refractivity contribution is 6.07. The Balaban J connectivity index is 1.74. The first kappa shape index (κ1) is 21.4. The molecule has 2 aromatic carbocycles. The zero-order valence-corrected chi connectivity index (χ0v) is 18.2. The standard InChI is InChI=1S/C25H29N3O2/c1-15(2)17(4)21-8-6-7-9-23(21)30-20-12-10-19(11-13-20)28-25(29)22-14-16(3)18(5)27-24(22)26/h6-15,17H,1-5H3,(H2,26,27)(H,28,29). The smallest absolute Gasteiger partial charge is 0.259 e.